The number of ketones is 1. The molecule has 0 aromatic carbocycles. The first-order valence-corrected chi connectivity index (χ1v) is 5.88. The van der Waals surface area contributed by atoms with Gasteiger partial charge in [-0.25, -0.2) is 0 Å². The van der Waals surface area contributed by atoms with Crippen LogP contribution in [0.3, 0.4) is 0 Å². The van der Waals surface area contributed by atoms with E-state index in [9.17, 15) is 18.0 Å². The Morgan fingerprint density at radius 1 is 1.40 bits per heavy atom. The molecule has 1 aromatic heterocycles. The molecular weight excluding hydrogens is 347 g/mol. The third-order valence-electron chi connectivity index (χ3n) is 1.84. The number of alkyl halides is 6. The smallest absolute Gasteiger partial charge is 0.455 e. The maximum Gasteiger partial charge on any atom is 0.455 e. The lowest BCUT2D eigenvalue weighted by molar-refractivity contribution is -0.145. The lowest BCUT2D eigenvalue weighted by atomic mass is 10.3. The second-order valence-electron chi connectivity index (χ2n) is 3.32. The Balaban J connectivity index is 2.87. The van der Waals surface area contributed by atoms with E-state index in [1.54, 1.807) is 0 Å². The van der Waals surface area contributed by atoms with Gasteiger partial charge in [0.1, 0.15) is 12.3 Å². The Morgan fingerprint density at radius 2 is 2.00 bits per heavy atom. The number of aromatic nitrogens is 4. The largest absolute Gasteiger partial charge is 0.499 e. The molecule has 0 atom stereocenters. The van der Waals surface area contributed by atoms with Gasteiger partial charge < -0.3 is 4.74 Å². The van der Waals surface area contributed by atoms with Crippen LogP contribution in [0, 0.1) is 0 Å². The monoisotopic (exact) mass is 352 g/mol. The van der Waals surface area contributed by atoms with Crippen LogP contribution < -0.4 is 0 Å². The van der Waals surface area contributed by atoms with E-state index >= 15 is 0 Å². The van der Waals surface area contributed by atoms with Crippen LogP contribution in [0.5, 0.6) is 0 Å². The Hall–Kier alpha value is -1.06. The van der Waals surface area contributed by atoms with Crippen LogP contribution in [0.4, 0.5) is 13.2 Å². The first kappa shape index (κ1) is 17.0. The molecule has 0 fully saturated rings. The third-order valence-corrected chi connectivity index (χ3v) is 2.40. The second-order valence-corrected chi connectivity index (χ2v) is 5.60. The predicted octanol–water partition coefficient (Wildman–Crippen LogP) is 2.16. The Kier molecular flexibility index (Phi) is 5.22. The van der Waals surface area contributed by atoms with Crippen molar-refractivity contribution in [3.8, 4) is 0 Å². The van der Waals surface area contributed by atoms with Crippen molar-refractivity contribution in [3.05, 3.63) is 17.7 Å². The van der Waals surface area contributed by atoms with Gasteiger partial charge in [0.05, 0.1) is 7.11 Å². The highest BCUT2D eigenvalue weighted by molar-refractivity contribution is 6.77. The molecule has 6 nitrogen and oxygen atoms in total. The summed E-state index contributed by atoms with van der Waals surface area (Å²) >= 11 is 16.0. The summed E-state index contributed by atoms with van der Waals surface area (Å²) in [4.78, 5) is 12.0. The highest BCUT2D eigenvalue weighted by Gasteiger charge is 2.37. The maximum atomic E-state index is 12.3. The number of rotatable bonds is 4. The zero-order valence-corrected chi connectivity index (χ0v) is 11.9. The average Bonchev–Trinajstić information content (AvgIpc) is 2.74. The molecule has 1 heterocycles. The SMILES string of the molecule is CO/C(=C\C(=O)C(Cl)(Cl)Cl)Cn1nnc(C(F)(F)F)n1. The van der Waals surface area contributed by atoms with Crippen molar-refractivity contribution in [2.75, 3.05) is 7.11 Å². The number of ether oxygens (including phenoxy) is 1. The summed E-state index contributed by atoms with van der Waals surface area (Å²) in [5, 5.41) is 9.06. The van der Waals surface area contributed by atoms with Gasteiger partial charge in [0.15, 0.2) is 0 Å². The molecule has 0 aliphatic carbocycles. The van der Waals surface area contributed by atoms with Crippen molar-refractivity contribution in [1.82, 2.24) is 20.2 Å². The van der Waals surface area contributed by atoms with Crippen molar-refractivity contribution >= 4 is 40.6 Å². The first-order valence-electron chi connectivity index (χ1n) is 4.74. The summed E-state index contributed by atoms with van der Waals surface area (Å²) < 4.78 is 39.3. The first-order chi connectivity index (χ1) is 9.04. The molecule has 0 saturated carbocycles. The number of allylic oxidation sites excluding steroid dienone is 2. The highest BCUT2D eigenvalue weighted by Crippen LogP contribution is 2.28. The summed E-state index contributed by atoms with van der Waals surface area (Å²) in [6, 6.07) is 0. The quantitative estimate of drug-likeness (QED) is 0.471. The van der Waals surface area contributed by atoms with Gasteiger partial charge in [0.2, 0.25) is 5.78 Å². The molecule has 112 valence electrons. The number of halogens is 6. The molecule has 0 N–H and O–H groups in total. The van der Waals surface area contributed by atoms with E-state index in [0.29, 0.717) is 4.80 Å². The van der Waals surface area contributed by atoms with Crippen LogP contribution >= 0.6 is 34.8 Å². The fraction of sp³-hybridized carbons (Fsp3) is 0.500. The normalized spacial score (nSPS) is 13.4. The van der Waals surface area contributed by atoms with Crippen LogP contribution in [-0.4, -0.2) is 36.9 Å². The van der Waals surface area contributed by atoms with E-state index < -0.39 is 21.6 Å². The average molecular weight is 354 g/mol. The van der Waals surface area contributed by atoms with Crippen molar-refractivity contribution in [1.29, 1.82) is 0 Å². The highest BCUT2D eigenvalue weighted by atomic mass is 35.6. The standard InChI is InChI=1S/C8H6Cl3F3N4O2/c1-20-4(2-5(19)7(9,10)11)3-18-16-6(15-17-18)8(12,13)14/h2H,3H2,1H3/b4-2-. The van der Waals surface area contributed by atoms with Crippen molar-refractivity contribution in [2.45, 2.75) is 16.5 Å². The molecule has 0 aliphatic rings. The number of hydrogen-bond donors (Lipinski definition) is 0. The molecule has 1 rings (SSSR count). The molecule has 12 heteroatoms. The van der Waals surface area contributed by atoms with Crippen LogP contribution in [0.15, 0.2) is 11.8 Å². The fourth-order valence-electron chi connectivity index (χ4n) is 0.960. The summed E-state index contributed by atoms with van der Waals surface area (Å²) in [6.45, 7) is -0.383. The van der Waals surface area contributed by atoms with Gasteiger partial charge in [-0.05, 0) is 5.21 Å². The van der Waals surface area contributed by atoms with Crippen LogP contribution in [0.25, 0.3) is 0 Å². The van der Waals surface area contributed by atoms with Gasteiger partial charge in [-0.15, -0.1) is 10.2 Å². The zero-order chi connectivity index (χ0) is 15.6. The lowest BCUT2D eigenvalue weighted by Crippen LogP contribution is -2.18. The number of carbonyl (C=O) groups is 1. The summed E-state index contributed by atoms with van der Waals surface area (Å²) in [7, 11) is 1.18. The second kappa shape index (κ2) is 6.15. The molecule has 0 aliphatic heterocycles. The number of carbonyl (C=O) groups excluding carboxylic acids is 1. The summed E-state index contributed by atoms with van der Waals surface area (Å²) in [5.41, 5.74) is 0. The predicted molar refractivity (Wildman–Crippen MR) is 63.2 cm³/mol. The minimum atomic E-state index is -4.72. The molecular formula is C8H6Cl3F3N4O2. The van der Waals surface area contributed by atoms with E-state index in [1.165, 1.54) is 7.11 Å². The number of nitrogens with zero attached hydrogens (tertiary/aromatic N) is 4. The lowest BCUT2D eigenvalue weighted by Gasteiger charge is -2.08. The van der Waals surface area contributed by atoms with Crippen molar-refractivity contribution in [2.24, 2.45) is 0 Å². The minimum absolute atomic E-state index is 0.104. The molecule has 0 amide bonds. The summed E-state index contributed by atoms with van der Waals surface area (Å²) in [5.74, 6) is -2.44. The van der Waals surface area contributed by atoms with E-state index in [0.717, 1.165) is 6.08 Å². The maximum absolute atomic E-state index is 12.3. The van der Waals surface area contributed by atoms with Gasteiger partial charge in [0, 0.05) is 6.08 Å². The van der Waals surface area contributed by atoms with E-state index in [4.69, 9.17) is 39.5 Å². The van der Waals surface area contributed by atoms with E-state index in [2.05, 4.69) is 15.4 Å². The summed E-state index contributed by atoms with van der Waals surface area (Å²) in [6.07, 6.45) is -3.90. The third kappa shape index (κ3) is 4.80. The molecule has 0 unspecified atom stereocenters. The van der Waals surface area contributed by atoms with Crippen molar-refractivity contribution in [3.63, 3.8) is 0 Å². The number of methoxy groups -OCH3 is 1. The van der Waals surface area contributed by atoms with E-state index in [-0.39, 0.29) is 12.3 Å². The number of hydrogen-bond acceptors (Lipinski definition) is 5. The Bertz CT molecular complexity index is 524. The molecule has 0 saturated heterocycles. The van der Waals surface area contributed by atoms with Gasteiger partial charge in [-0.3, -0.25) is 4.79 Å². The molecule has 0 radical (unpaired) electrons. The minimum Gasteiger partial charge on any atom is -0.499 e. The van der Waals surface area contributed by atoms with E-state index in [1.807, 2.05) is 0 Å². The fourth-order valence-corrected chi connectivity index (χ4v) is 1.12. The van der Waals surface area contributed by atoms with Crippen LogP contribution in [0.2, 0.25) is 0 Å². The topological polar surface area (TPSA) is 69.9 Å². The van der Waals surface area contributed by atoms with Gasteiger partial charge in [0.25, 0.3) is 9.62 Å². The van der Waals surface area contributed by atoms with Crippen LogP contribution in [-0.2, 0) is 22.3 Å². The van der Waals surface area contributed by atoms with Gasteiger partial charge in [-0.1, -0.05) is 34.8 Å². The van der Waals surface area contributed by atoms with Crippen LogP contribution in [0.1, 0.15) is 5.82 Å². The van der Waals surface area contributed by atoms with Gasteiger partial charge in [-0.2, -0.15) is 18.0 Å². The van der Waals surface area contributed by atoms with Crippen molar-refractivity contribution < 1.29 is 22.7 Å². The molecule has 20 heavy (non-hydrogen) atoms. The molecule has 0 bridgehead atoms. The molecule has 0 spiro atoms. The zero-order valence-electron chi connectivity index (χ0n) is 9.66. The van der Waals surface area contributed by atoms with Gasteiger partial charge >= 0.3 is 6.18 Å². The molecule has 1 aromatic rings. The Labute approximate surface area is 125 Å². The number of tetrazole rings is 1. The Morgan fingerprint density at radius 3 is 2.40 bits per heavy atom.